The van der Waals surface area contributed by atoms with Crippen molar-refractivity contribution in [3.8, 4) is 5.75 Å². The molecule has 29 heavy (non-hydrogen) atoms. The molecule has 1 fully saturated rings. The summed E-state index contributed by atoms with van der Waals surface area (Å²) in [6.45, 7) is 0.590. The molecule has 3 rings (SSSR count). The molecule has 0 radical (unpaired) electrons. The number of ether oxygens (including phenoxy) is 1. The SMILES string of the molecule is NC(=O)Nc1ccc(Cl)c(S(=O)(=O)N(CC2CCCO2)c2ccccc2Br)c1O. The van der Waals surface area contributed by atoms with Crippen molar-refractivity contribution in [3.63, 3.8) is 0 Å². The quantitative estimate of drug-likeness (QED) is 0.518. The fraction of sp³-hybridized carbons (Fsp3) is 0.278. The molecular weight excluding hydrogens is 486 g/mol. The first kappa shape index (κ1) is 21.7. The van der Waals surface area contributed by atoms with E-state index in [4.69, 9.17) is 22.1 Å². The summed E-state index contributed by atoms with van der Waals surface area (Å²) in [5.74, 6) is -0.694. The molecule has 2 aromatic rings. The molecule has 0 aliphatic carbocycles. The minimum atomic E-state index is -4.33. The van der Waals surface area contributed by atoms with Crippen LogP contribution in [-0.2, 0) is 14.8 Å². The number of para-hydroxylation sites is 1. The van der Waals surface area contributed by atoms with E-state index in [0.717, 1.165) is 10.7 Å². The summed E-state index contributed by atoms with van der Waals surface area (Å²) in [4.78, 5) is 10.7. The molecule has 1 atom stereocenters. The standard InChI is InChI=1S/C18H19BrClN3O5S/c19-12-5-1-2-6-15(12)23(10-11-4-3-9-28-11)29(26,27)17-13(20)7-8-14(16(17)24)22-18(21)25/h1-2,5-8,11,24H,3-4,9-10H2,(H3,21,22,25). The maximum absolute atomic E-state index is 13.6. The Morgan fingerprint density at radius 1 is 1.34 bits per heavy atom. The van der Waals surface area contributed by atoms with Crippen LogP contribution in [0.25, 0.3) is 0 Å². The third kappa shape index (κ3) is 4.61. The zero-order chi connectivity index (χ0) is 21.2. The number of nitrogens with two attached hydrogens (primary N) is 1. The number of amides is 2. The van der Waals surface area contributed by atoms with Crippen molar-refractivity contribution in [3.05, 3.63) is 45.9 Å². The van der Waals surface area contributed by atoms with Crippen LogP contribution in [0.3, 0.4) is 0 Å². The summed E-state index contributed by atoms with van der Waals surface area (Å²) in [5.41, 5.74) is 5.30. The van der Waals surface area contributed by atoms with Crippen molar-refractivity contribution in [1.29, 1.82) is 0 Å². The van der Waals surface area contributed by atoms with E-state index in [1.807, 2.05) is 0 Å². The van der Waals surface area contributed by atoms with Crippen molar-refractivity contribution in [2.75, 3.05) is 22.8 Å². The summed E-state index contributed by atoms with van der Waals surface area (Å²) in [5, 5.41) is 12.6. The topological polar surface area (TPSA) is 122 Å². The van der Waals surface area contributed by atoms with E-state index in [1.165, 1.54) is 12.1 Å². The van der Waals surface area contributed by atoms with E-state index in [2.05, 4.69) is 21.2 Å². The van der Waals surface area contributed by atoms with E-state index in [0.29, 0.717) is 23.2 Å². The third-order valence-corrected chi connectivity index (χ3v) is 7.36. The maximum Gasteiger partial charge on any atom is 0.316 e. The second-order valence-electron chi connectivity index (χ2n) is 6.38. The number of aromatic hydroxyl groups is 1. The number of nitrogens with zero attached hydrogens (tertiary/aromatic N) is 1. The Morgan fingerprint density at radius 2 is 2.07 bits per heavy atom. The van der Waals surface area contributed by atoms with E-state index in [9.17, 15) is 18.3 Å². The minimum Gasteiger partial charge on any atom is -0.504 e. The molecule has 0 aromatic heterocycles. The van der Waals surface area contributed by atoms with Crippen molar-refractivity contribution >= 4 is 55.0 Å². The zero-order valence-electron chi connectivity index (χ0n) is 15.1. The molecule has 1 heterocycles. The summed E-state index contributed by atoms with van der Waals surface area (Å²) < 4.78 is 34.5. The van der Waals surface area contributed by atoms with Gasteiger partial charge < -0.3 is 20.9 Å². The molecule has 0 bridgehead atoms. The van der Waals surface area contributed by atoms with Crippen molar-refractivity contribution in [1.82, 2.24) is 0 Å². The van der Waals surface area contributed by atoms with Crippen LogP contribution in [0.2, 0.25) is 5.02 Å². The van der Waals surface area contributed by atoms with Gasteiger partial charge in [-0.15, -0.1) is 0 Å². The van der Waals surface area contributed by atoms with Gasteiger partial charge in [0.15, 0.2) is 5.75 Å². The molecule has 2 aromatic carbocycles. The first-order valence-corrected chi connectivity index (χ1v) is 11.3. The number of phenolic OH excluding ortho intramolecular Hbond substituents is 1. The van der Waals surface area contributed by atoms with Gasteiger partial charge in [0.2, 0.25) is 0 Å². The lowest BCUT2D eigenvalue weighted by molar-refractivity contribution is 0.118. The molecule has 1 aliphatic rings. The second kappa shape index (κ2) is 8.78. The molecule has 4 N–H and O–H groups in total. The van der Waals surface area contributed by atoms with E-state index in [-0.39, 0.29) is 23.4 Å². The number of carbonyl (C=O) groups is 1. The molecular formula is C18H19BrClN3O5S. The summed E-state index contributed by atoms with van der Waals surface area (Å²) in [6, 6.07) is 8.38. The number of halogens is 2. The van der Waals surface area contributed by atoms with Gasteiger partial charge in [0.25, 0.3) is 10.0 Å². The fourth-order valence-corrected chi connectivity index (χ4v) is 5.82. The number of rotatable bonds is 6. The molecule has 1 aliphatic heterocycles. The van der Waals surface area contributed by atoms with Gasteiger partial charge in [-0.25, -0.2) is 13.2 Å². The smallest absolute Gasteiger partial charge is 0.316 e. The summed E-state index contributed by atoms with van der Waals surface area (Å²) in [7, 11) is -4.33. The molecule has 0 spiro atoms. The molecule has 2 amide bonds. The number of hydrogen-bond acceptors (Lipinski definition) is 5. The predicted octanol–water partition coefficient (Wildman–Crippen LogP) is 3.67. The van der Waals surface area contributed by atoms with Gasteiger partial charge in [-0.05, 0) is 53.0 Å². The lowest BCUT2D eigenvalue weighted by atomic mass is 10.2. The van der Waals surface area contributed by atoms with Gasteiger partial charge >= 0.3 is 6.03 Å². The van der Waals surface area contributed by atoms with Crippen LogP contribution in [0.5, 0.6) is 5.75 Å². The van der Waals surface area contributed by atoms with Crippen molar-refractivity contribution in [2.24, 2.45) is 5.73 Å². The summed E-state index contributed by atoms with van der Waals surface area (Å²) in [6.07, 6.45) is 1.24. The molecule has 1 unspecified atom stereocenters. The largest absolute Gasteiger partial charge is 0.504 e. The number of anilines is 2. The van der Waals surface area contributed by atoms with Gasteiger partial charge in [-0.2, -0.15) is 0 Å². The third-order valence-electron chi connectivity index (χ3n) is 4.40. The fourth-order valence-electron chi connectivity index (χ4n) is 3.09. The normalized spacial score (nSPS) is 16.6. The average molecular weight is 505 g/mol. The summed E-state index contributed by atoms with van der Waals surface area (Å²) >= 11 is 9.54. The number of primary amides is 1. The molecule has 1 saturated heterocycles. The number of phenols is 1. The Bertz CT molecular complexity index is 1030. The highest BCUT2D eigenvalue weighted by atomic mass is 79.9. The Balaban J connectivity index is 2.14. The average Bonchev–Trinajstić information content (AvgIpc) is 3.16. The molecule has 11 heteroatoms. The van der Waals surface area contributed by atoms with Crippen LogP contribution in [0.15, 0.2) is 45.8 Å². The molecule has 0 saturated carbocycles. The number of benzene rings is 2. The van der Waals surface area contributed by atoms with Crippen LogP contribution < -0.4 is 15.4 Å². The predicted molar refractivity (Wildman–Crippen MR) is 114 cm³/mol. The van der Waals surface area contributed by atoms with Gasteiger partial charge in [0.05, 0.1) is 29.0 Å². The Labute approximate surface area is 181 Å². The van der Waals surface area contributed by atoms with E-state index >= 15 is 0 Å². The van der Waals surface area contributed by atoms with E-state index in [1.54, 1.807) is 24.3 Å². The Hall–Kier alpha value is -2.01. The lowest BCUT2D eigenvalue weighted by Gasteiger charge is -2.28. The lowest BCUT2D eigenvalue weighted by Crippen LogP contribution is -2.38. The van der Waals surface area contributed by atoms with Crippen LogP contribution >= 0.6 is 27.5 Å². The van der Waals surface area contributed by atoms with Crippen molar-refractivity contribution in [2.45, 2.75) is 23.8 Å². The van der Waals surface area contributed by atoms with Crippen LogP contribution in [0, 0.1) is 0 Å². The highest BCUT2D eigenvalue weighted by Crippen LogP contribution is 2.41. The number of nitrogens with one attached hydrogen (secondary N) is 1. The number of sulfonamides is 1. The molecule has 156 valence electrons. The van der Waals surface area contributed by atoms with Crippen molar-refractivity contribution < 1.29 is 23.1 Å². The van der Waals surface area contributed by atoms with Crippen LogP contribution in [0.4, 0.5) is 16.2 Å². The zero-order valence-corrected chi connectivity index (χ0v) is 18.3. The second-order valence-corrected chi connectivity index (χ2v) is 9.45. The van der Waals surface area contributed by atoms with Gasteiger partial charge in [0.1, 0.15) is 4.90 Å². The monoisotopic (exact) mass is 503 g/mol. The highest BCUT2D eigenvalue weighted by Gasteiger charge is 2.35. The first-order chi connectivity index (χ1) is 13.7. The van der Waals surface area contributed by atoms with Crippen LogP contribution in [0.1, 0.15) is 12.8 Å². The Kier molecular flexibility index (Phi) is 6.57. The molecule has 8 nitrogen and oxygen atoms in total. The first-order valence-electron chi connectivity index (χ1n) is 8.68. The minimum absolute atomic E-state index is 0.0359. The van der Waals surface area contributed by atoms with Crippen LogP contribution in [-0.4, -0.2) is 38.8 Å². The van der Waals surface area contributed by atoms with E-state index < -0.39 is 26.7 Å². The number of urea groups is 1. The van der Waals surface area contributed by atoms with Gasteiger partial charge in [0, 0.05) is 11.1 Å². The maximum atomic E-state index is 13.6. The van der Waals surface area contributed by atoms with Gasteiger partial charge in [-0.3, -0.25) is 4.31 Å². The van der Waals surface area contributed by atoms with Gasteiger partial charge in [-0.1, -0.05) is 23.7 Å². The number of hydrogen-bond donors (Lipinski definition) is 3. The number of carbonyl (C=O) groups excluding carboxylic acids is 1. The highest BCUT2D eigenvalue weighted by molar-refractivity contribution is 9.10. The Morgan fingerprint density at radius 3 is 2.69 bits per heavy atom.